The van der Waals surface area contributed by atoms with Crippen LogP contribution < -0.4 is 20.5 Å². The van der Waals surface area contributed by atoms with Crippen LogP contribution in [0.3, 0.4) is 0 Å². The molecule has 0 spiro atoms. The molecule has 0 aliphatic heterocycles. The van der Waals surface area contributed by atoms with Gasteiger partial charge in [-0.1, -0.05) is 6.07 Å². The van der Waals surface area contributed by atoms with Crippen molar-refractivity contribution in [1.29, 1.82) is 0 Å². The Bertz CT molecular complexity index is 1220. The summed E-state index contributed by atoms with van der Waals surface area (Å²) in [4.78, 5) is 23.6. The molecule has 0 heterocycles. The van der Waals surface area contributed by atoms with Gasteiger partial charge in [-0.05, 0) is 73.2 Å². The van der Waals surface area contributed by atoms with Gasteiger partial charge in [0.15, 0.2) is 0 Å². The Kier molecular flexibility index (Phi) is 6.26. The second-order valence-electron chi connectivity index (χ2n) is 6.87. The second-order valence-corrected chi connectivity index (χ2v) is 8.62. The van der Waals surface area contributed by atoms with E-state index >= 15 is 0 Å². The van der Waals surface area contributed by atoms with Crippen LogP contribution in [0.5, 0.6) is 11.5 Å². The average Bonchev–Trinajstić information content (AvgIpc) is 2.70. The molecule has 3 rings (SSSR count). The van der Waals surface area contributed by atoms with E-state index in [1.165, 1.54) is 0 Å². The molecule has 0 fully saturated rings. The third-order valence-corrected chi connectivity index (χ3v) is 4.87. The number of primary amides is 1. The number of amides is 2. The molecule has 0 saturated carbocycles. The minimum atomic E-state index is -3.43. The summed E-state index contributed by atoms with van der Waals surface area (Å²) in [5, 5.41) is 2.74. The SMILES string of the molecule is Cc1ccc(NC(=O)c2ccc(Oc3ccc(C(N)=O)cc3)cc2)cc1NS(C)(=O)=O. The summed E-state index contributed by atoms with van der Waals surface area (Å²) in [5.41, 5.74) is 7.57. The van der Waals surface area contributed by atoms with E-state index in [1.54, 1.807) is 73.7 Å². The molecule has 0 aliphatic carbocycles. The fraction of sp³-hybridized carbons (Fsp3) is 0.0909. The number of ether oxygens (including phenoxy) is 1. The number of rotatable bonds is 7. The smallest absolute Gasteiger partial charge is 0.255 e. The molecule has 0 atom stereocenters. The summed E-state index contributed by atoms with van der Waals surface area (Å²) in [5.74, 6) is 0.160. The first-order valence-corrected chi connectivity index (χ1v) is 11.1. The van der Waals surface area contributed by atoms with Crippen LogP contribution in [0.2, 0.25) is 0 Å². The van der Waals surface area contributed by atoms with Crippen molar-refractivity contribution in [2.45, 2.75) is 6.92 Å². The van der Waals surface area contributed by atoms with Crippen molar-refractivity contribution in [3.63, 3.8) is 0 Å². The van der Waals surface area contributed by atoms with Crippen LogP contribution in [0.25, 0.3) is 0 Å². The summed E-state index contributed by atoms with van der Waals surface area (Å²) in [6.07, 6.45) is 1.06. The number of hydrogen-bond donors (Lipinski definition) is 3. The van der Waals surface area contributed by atoms with Crippen molar-refractivity contribution >= 4 is 33.2 Å². The zero-order valence-electron chi connectivity index (χ0n) is 16.9. The van der Waals surface area contributed by atoms with Gasteiger partial charge in [-0.2, -0.15) is 0 Å². The molecule has 4 N–H and O–H groups in total. The number of benzene rings is 3. The average molecular weight is 439 g/mol. The standard InChI is InChI=1S/C22H21N3O5S/c1-14-3-8-17(13-20(14)25-31(2,28)29)24-22(27)16-6-11-19(12-7-16)30-18-9-4-15(5-10-18)21(23)26/h3-13,25H,1-2H3,(H2,23,26)(H,24,27). The van der Waals surface area contributed by atoms with Gasteiger partial charge in [0.25, 0.3) is 5.91 Å². The number of carbonyl (C=O) groups is 2. The van der Waals surface area contributed by atoms with E-state index in [4.69, 9.17) is 10.5 Å². The molecule has 9 heteroatoms. The molecule has 3 aromatic carbocycles. The molecule has 3 aromatic rings. The van der Waals surface area contributed by atoms with Gasteiger partial charge < -0.3 is 15.8 Å². The highest BCUT2D eigenvalue weighted by molar-refractivity contribution is 7.92. The Labute approximate surface area is 180 Å². The second kappa shape index (κ2) is 8.88. The fourth-order valence-electron chi connectivity index (χ4n) is 2.71. The summed E-state index contributed by atoms with van der Waals surface area (Å²) in [6.45, 7) is 1.76. The molecule has 0 bridgehead atoms. The molecule has 0 saturated heterocycles. The van der Waals surface area contributed by atoms with Crippen LogP contribution in [0, 0.1) is 6.92 Å². The Balaban J connectivity index is 1.68. The van der Waals surface area contributed by atoms with Gasteiger partial charge in [-0.3, -0.25) is 14.3 Å². The molecule has 0 aromatic heterocycles. The predicted molar refractivity (Wildman–Crippen MR) is 119 cm³/mol. The third-order valence-electron chi connectivity index (χ3n) is 4.28. The predicted octanol–water partition coefficient (Wildman–Crippen LogP) is 3.51. The number of hydrogen-bond acceptors (Lipinski definition) is 5. The van der Waals surface area contributed by atoms with Crippen molar-refractivity contribution in [3.8, 4) is 11.5 Å². The normalized spacial score (nSPS) is 10.9. The van der Waals surface area contributed by atoms with Crippen LogP contribution >= 0.6 is 0 Å². The minimum absolute atomic E-state index is 0.355. The molecule has 0 radical (unpaired) electrons. The third kappa shape index (κ3) is 6.06. The molecule has 31 heavy (non-hydrogen) atoms. The van der Waals surface area contributed by atoms with Gasteiger partial charge in [0, 0.05) is 16.8 Å². The lowest BCUT2D eigenvalue weighted by Gasteiger charge is -2.11. The Hall–Kier alpha value is -3.85. The zero-order valence-corrected chi connectivity index (χ0v) is 17.7. The first-order valence-electron chi connectivity index (χ1n) is 9.18. The number of carbonyl (C=O) groups excluding carboxylic acids is 2. The van der Waals surface area contributed by atoms with Crippen molar-refractivity contribution < 1.29 is 22.7 Å². The Morgan fingerprint density at radius 2 is 1.42 bits per heavy atom. The van der Waals surface area contributed by atoms with Gasteiger partial charge in [-0.15, -0.1) is 0 Å². The van der Waals surface area contributed by atoms with Crippen molar-refractivity contribution in [3.05, 3.63) is 83.4 Å². The van der Waals surface area contributed by atoms with Crippen LogP contribution in [0.4, 0.5) is 11.4 Å². The maximum absolute atomic E-state index is 12.5. The summed E-state index contributed by atoms with van der Waals surface area (Å²) >= 11 is 0. The van der Waals surface area contributed by atoms with Crippen molar-refractivity contribution in [2.75, 3.05) is 16.3 Å². The van der Waals surface area contributed by atoms with Gasteiger partial charge >= 0.3 is 0 Å². The number of anilines is 2. The first kappa shape index (κ1) is 21.8. The lowest BCUT2D eigenvalue weighted by atomic mass is 10.1. The summed E-state index contributed by atoms with van der Waals surface area (Å²) < 4.78 is 31.1. The number of sulfonamides is 1. The van der Waals surface area contributed by atoms with Gasteiger partial charge in [0.1, 0.15) is 11.5 Å². The Morgan fingerprint density at radius 3 is 1.94 bits per heavy atom. The van der Waals surface area contributed by atoms with Crippen LogP contribution in [-0.2, 0) is 10.0 Å². The van der Waals surface area contributed by atoms with Crippen LogP contribution in [0.1, 0.15) is 26.3 Å². The molecule has 160 valence electrons. The van der Waals surface area contributed by atoms with Gasteiger partial charge in [0.05, 0.1) is 11.9 Å². The number of nitrogens with two attached hydrogens (primary N) is 1. The van der Waals surface area contributed by atoms with E-state index in [2.05, 4.69) is 10.0 Å². The minimum Gasteiger partial charge on any atom is -0.457 e. The molecular weight excluding hydrogens is 418 g/mol. The number of nitrogens with one attached hydrogen (secondary N) is 2. The van der Waals surface area contributed by atoms with Crippen molar-refractivity contribution in [1.82, 2.24) is 0 Å². The molecular formula is C22H21N3O5S. The van der Waals surface area contributed by atoms with E-state index < -0.39 is 15.9 Å². The zero-order chi connectivity index (χ0) is 22.6. The molecule has 0 unspecified atom stereocenters. The van der Waals surface area contributed by atoms with E-state index in [-0.39, 0.29) is 5.91 Å². The highest BCUT2D eigenvalue weighted by Crippen LogP contribution is 2.24. The Morgan fingerprint density at radius 1 is 0.871 bits per heavy atom. The molecule has 2 amide bonds. The molecule has 8 nitrogen and oxygen atoms in total. The lowest BCUT2D eigenvalue weighted by Crippen LogP contribution is -2.14. The first-order chi connectivity index (χ1) is 14.6. The quantitative estimate of drug-likeness (QED) is 0.519. The van der Waals surface area contributed by atoms with Gasteiger partial charge in [-0.25, -0.2) is 8.42 Å². The van der Waals surface area contributed by atoms with Crippen LogP contribution in [-0.4, -0.2) is 26.5 Å². The van der Waals surface area contributed by atoms with Gasteiger partial charge in [0.2, 0.25) is 15.9 Å². The van der Waals surface area contributed by atoms with E-state index in [9.17, 15) is 18.0 Å². The topological polar surface area (TPSA) is 128 Å². The maximum Gasteiger partial charge on any atom is 0.255 e. The highest BCUT2D eigenvalue weighted by atomic mass is 32.2. The molecule has 0 aliphatic rings. The monoisotopic (exact) mass is 439 g/mol. The summed E-state index contributed by atoms with van der Waals surface area (Å²) in [6, 6.07) is 17.8. The van der Waals surface area contributed by atoms with E-state index in [0.717, 1.165) is 11.8 Å². The van der Waals surface area contributed by atoms with E-state index in [1.807, 2.05) is 0 Å². The lowest BCUT2D eigenvalue weighted by molar-refractivity contribution is 0.0997. The highest BCUT2D eigenvalue weighted by Gasteiger charge is 2.10. The summed E-state index contributed by atoms with van der Waals surface area (Å²) in [7, 11) is -3.43. The van der Waals surface area contributed by atoms with E-state index in [0.29, 0.717) is 34.0 Å². The van der Waals surface area contributed by atoms with Crippen LogP contribution in [0.15, 0.2) is 66.7 Å². The van der Waals surface area contributed by atoms with Crippen molar-refractivity contribution in [2.24, 2.45) is 5.73 Å². The number of aryl methyl sites for hydroxylation is 1. The fourth-order valence-corrected chi connectivity index (χ4v) is 3.33. The largest absolute Gasteiger partial charge is 0.457 e. The maximum atomic E-state index is 12.5.